The number of carbonyl (C=O) groups excluding carboxylic acids is 2. The SMILES string of the molecule is O=C(NCCC(=O)N(CCO)CC(F)(F)F)c1ccco1. The predicted molar refractivity (Wildman–Crippen MR) is 65.4 cm³/mol. The Kier molecular flexibility index (Phi) is 6.22. The molecule has 0 radical (unpaired) electrons. The van der Waals surface area contributed by atoms with Gasteiger partial charge in [0.15, 0.2) is 5.76 Å². The molecule has 0 saturated carbocycles. The maximum Gasteiger partial charge on any atom is 0.406 e. The normalized spacial score (nSPS) is 11.2. The Hall–Kier alpha value is -2.03. The van der Waals surface area contributed by atoms with E-state index in [4.69, 9.17) is 9.52 Å². The summed E-state index contributed by atoms with van der Waals surface area (Å²) in [4.78, 5) is 23.6. The second-order valence-corrected chi connectivity index (χ2v) is 4.14. The fraction of sp³-hybridized carbons (Fsp3) is 0.500. The molecule has 6 nitrogen and oxygen atoms in total. The monoisotopic (exact) mass is 308 g/mol. The Bertz CT molecular complexity index is 460. The van der Waals surface area contributed by atoms with Crippen molar-refractivity contribution in [2.24, 2.45) is 0 Å². The molecule has 118 valence electrons. The van der Waals surface area contributed by atoms with E-state index in [1.54, 1.807) is 0 Å². The van der Waals surface area contributed by atoms with Gasteiger partial charge >= 0.3 is 6.18 Å². The minimum atomic E-state index is -4.54. The summed E-state index contributed by atoms with van der Waals surface area (Å²) in [6, 6.07) is 2.92. The number of nitrogens with zero attached hydrogens (tertiary/aromatic N) is 1. The zero-order valence-corrected chi connectivity index (χ0v) is 11.0. The van der Waals surface area contributed by atoms with E-state index < -0.39 is 37.7 Å². The van der Waals surface area contributed by atoms with Crippen molar-refractivity contribution in [2.45, 2.75) is 12.6 Å². The third kappa shape index (κ3) is 6.30. The number of rotatable bonds is 7. The number of furan rings is 1. The summed E-state index contributed by atoms with van der Waals surface area (Å²) in [5.41, 5.74) is 0. The number of nitrogens with one attached hydrogen (secondary N) is 1. The van der Waals surface area contributed by atoms with E-state index in [0.717, 1.165) is 0 Å². The van der Waals surface area contributed by atoms with Crippen LogP contribution in [0.3, 0.4) is 0 Å². The molecule has 0 saturated heterocycles. The highest BCUT2D eigenvalue weighted by molar-refractivity contribution is 5.91. The molecule has 0 atom stereocenters. The molecule has 0 spiro atoms. The summed E-state index contributed by atoms with van der Waals surface area (Å²) in [7, 11) is 0. The maximum atomic E-state index is 12.3. The fourth-order valence-corrected chi connectivity index (χ4v) is 1.57. The highest BCUT2D eigenvalue weighted by atomic mass is 19.4. The van der Waals surface area contributed by atoms with Crippen LogP contribution >= 0.6 is 0 Å². The van der Waals surface area contributed by atoms with Gasteiger partial charge in [-0.15, -0.1) is 0 Å². The van der Waals surface area contributed by atoms with Crippen LogP contribution in [-0.2, 0) is 4.79 Å². The summed E-state index contributed by atoms with van der Waals surface area (Å²) in [5.74, 6) is -1.32. The molecule has 1 aromatic rings. The minimum absolute atomic E-state index is 0.0463. The number of aliphatic hydroxyl groups excluding tert-OH is 1. The molecule has 0 aliphatic carbocycles. The topological polar surface area (TPSA) is 82.8 Å². The van der Waals surface area contributed by atoms with E-state index in [1.165, 1.54) is 18.4 Å². The molecule has 0 fully saturated rings. The number of alkyl halides is 3. The lowest BCUT2D eigenvalue weighted by Gasteiger charge is -2.23. The molecule has 2 N–H and O–H groups in total. The Morgan fingerprint density at radius 1 is 1.38 bits per heavy atom. The van der Waals surface area contributed by atoms with E-state index in [9.17, 15) is 22.8 Å². The fourth-order valence-electron chi connectivity index (χ4n) is 1.57. The molecule has 9 heteroatoms. The summed E-state index contributed by atoms with van der Waals surface area (Å²) < 4.78 is 41.6. The van der Waals surface area contributed by atoms with E-state index in [-0.39, 0.29) is 18.7 Å². The molecule has 1 aromatic heterocycles. The number of aliphatic hydroxyl groups is 1. The van der Waals surface area contributed by atoms with E-state index >= 15 is 0 Å². The van der Waals surface area contributed by atoms with Crippen LogP contribution in [0.4, 0.5) is 13.2 Å². The average Bonchev–Trinajstić information content (AvgIpc) is 2.90. The van der Waals surface area contributed by atoms with Crippen LogP contribution in [-0.4, -0.2) is 54.2 Å². The largest absolute Gasteiger partial charge is 0.459 e. The lowest BCUT2D eigenvalue weighted by Crippen LogP contribution is -2.41. The van der Waals surface area contributed by atoms with Gasteiger partial charge in [-0.25, -0.2) is 0 Å². The van der Waals surface area contributed by atoms with Crippen LogP contribution in [0.2, 0.25) is 0 Å². The number of hydrogen-bond acceptors (Lipinski definition) is 4. The highest BCUT2D eigenvalue weighted by Gasteiger charge is 2.32. The van der Waals surface area contributed by atoms with Gasteiger partial charge in [0.1, 0.15) is 6.54 Å². The van der Waals surface area contributed by atoms with E-state index in [0.29, 0.717) is 4.90 Å². The zero-order valence-electron chi connectivity index (χ0n) is 11.0. The number of amides is 2. The smallest absolute Gasteiger partial charge is 0.406 e. The van der Waals surface area contributed by atoms with Crippen molar-refractivity contribution in [3.63, 3.8) is 0 Å². The van der Waals surface area contributed by atoms with Gasteiger partial charge < -0.3 is 19.7 Å². The standard InChI is InChI=1S/C12H15F3N2O4/c13-12(14,15)8-17(5-6-18)10(19)3-4-16-11(20)9-2-1-7-21-9/h1-2,7,18H,3-6,8H2,(H,16,20). The lowest BCUT2D eigenvalue weighted by atomic mass is 10.3. The lowest BCUT2D eigenvalue weighted by molar-refractivity contribution is -0.161. The predicted octanol–water partition coefficient (Wildman–Crippen LogP) is 0.783. The van der Waals surface area contributed by atoms with E-state index in [1.807, 2.05) is 0 Å². The Morgan fingerprint density at radius 3 is 2.62 bits per heavy atom. The summed E-state index contributed by atoms with van der Waals surface area (Å²) >= 11 is 0. The quantitative estimate of drug-likeness (QED) is 0.780. The van der Waals surface area contributed by atoms with Crippen molar-refractivity contribution < 1.29 is 32.3 Å². The summed E-state index contributed by atoms with van der Waals surface area (Å²) in [5, 5.41) is 11.0. The van der Waals surface area contributed by atoms with Crippen LogP contribution in [0.5, 0.6) is 0 Å². The number of hydrogen-bond donors (Lipinski definition) is 2. The first-order valence-corrected chi connectivity index (χ1v) is 6.10. The second-order valence-electron chi connectivity index (χ2n) is 4.14. The van der Waals surface area contributed by atoms with Crippen LogP contribution in [0, 0.1) is 0 Å². The van der Waals surface area contributed by atoms with Crippen LogP contribution in [0.1, 0.15) is 17.0 Å². The number of carbonyl (C=O) groups is 2. The van der Waals surface area contributed by atoms with Crippen molar-refractivity contribution in [2.75, 3.05) is 26.2 Å². The third-order valence-corrected chi connectivity index (χ3v) is 2.46. The molecule has 0 aliphatic heterocycles. The first kappa shape index (κ1) is 17.0. The van der Waals surface area contributed by atoms with Gasteiger partial charge in [0.2, 0.25) is 5.91 Å². The van der Waals surface area contributed by atoms with Crippen molar-refractivity contribution in [1.82, 2.24) is 10.2 Å². The van der Waals surface area contributed by atoms with Gasteiger partial charge in [0, 0.05) is 19.5 Å². The number of halogens is 3. The molecule has 0 unspecified atom stereocenters. The summed E-state index contributed by atoms with van der Waals surface area (Å²) in [6.07, 6.45) is -3.54. The van der Waals surface area contributed by atoms with Gasteiger partial charge in [0.25, 0.3) is 5.91 Å². The van der Waals surface area contributed by atoms with Crippen molar-refractivity contribution in [1.29, 1.82) is 0 Å². The van der Waals surface area contributed by atoms with Crippen LogP contribution in [0.25, 0.3) is 0 Å². The molecular formula is C12H15F3N2O4. The van der Waals surface area contributed by atoms with Gasteiger partial charge in [-0.05, 0) is 12.1 Å². The molecular weight excluding hydrogens is 293 g/mol. The maximum absolute atomic E-state index is 12.3. The van der Waals surface area contributed by atoms with Crippen molar-refractivity contribution in [3.8, 4) is 0 Å². The van der Waals surface area contributed by atoms with Gasteiger partial charge in [-0.2, -0.15) is 13.2 Å². The molecule has 0 aliphatic rings. The van der Waals surface area contributed by atoms with Crippen LogP contribution < -0.4 is 5.32 Å². The highest BCUT2D eigenvalue weighted by Crippen LogP contribution is 2.16. The second kappa shape index (κ2) is 7.67. The third-order valence-electron chi connectivity index (χ3n) is 2.46. The van der Waals surface area contributed by atoms with Crippen molar-refractivity contribution in [3.05, 3.63) is 24.2 Å². The Balaban J connectivity index is 2.41. The first-order chi connectivity index (χ1) is 9.83. The zero-order chi connectivity index (χ0) is 15.9. The van der Waals surface area contributed by atoms with Gasteiger partial charge in [0.05, 0.1) is 12.9 Å². The molecule has 2 amide bonds. The van der Waals surface area contributed by atoms with Crippen molar-refractivity contribution >= 4 is 11.8 Å². The molecule has 1 rings (SSSR count). The molecule has 1 heterocycles. The van der Waals surface area contributed by atoms with E-state index in [2.05, 4.69) is 5.32 Å². The Morgan fingerprint density at radius 2 is 2.10 bits per heavy atom. The molecule has 0 aromatic carbocycles. The Labute approximate surface area is 118 Å². The van der Waals surface area contributed by atoms with Gasteiger partial charge in [-0.3, -0.25) is 9.59 Å². The molecule has 0 bridgehead atoms. The van der Waals surface area contributed by atoms with Crippen LogP contribution in [0.15, 0.2) is 22.8 Å². The average molecular weight is 308 g/mol. The summed E-state index contributed by atoms with van der Waals surface area (Å²) in [6.45, 7) is -2.54. The minimum Gasteiger partial charge on any atom is -0.459 e. The molecule has 21 heavy (non-hydrogen) atoms. The first-order valence-electron chi connectivity index (χ1n) is 6.10. The van der Waals surface area contributed by atoms with Gasteiger partial charge in [-0.1, -0.05) is 0 Å².